The number of nitriles is 1. The van der Waals surface area contributed by atoms with E-state index in [0.29, 0.717) is 13.0 Å². The Kier molecular flexibility index (Phi) is 5.92. The number of unbranched alkanes of at least 4 members (excludes halogenated alkanes) is 2. The van der Waals surface area contributed by atoms with E-state index >= 15 is 0 Å². The van der Waals surface area contributed by atoms with Crippen LogP contribution in [-0.4, -0.2) is 23.4 Å². The Balaban J connectivity index is 2.63. The Bertz CT molecular complexity index is 461. The van der Waals surface area contributed by atoms with E-state index < -0.39 is 0 Å². The van der Waals surface area contributed by atoms with E-state index in [2.05, 4.69) is 18.1 Å². The lowest BCUT2D eigenvalue weighted by Gasteiger charge is -2.17. The molecule has 5 nitrogen and oxygen atoms in total. The minimum atomic E-state index is -0.0765. The van der Waals surface area contributed by atoms with Gasteiger partial charge in [0.25, 0.3) is 5.56 Å². The van der Waals surface area contributed by atoms with Gasteiger partial charge in [-0.15, -0.1) is 0 Å². The Morgan fingerprint density at radius 2 is 2.28 bits per heavy atom. The van der Waals surface area contributed by atoms with Crippen LogP contribution in [0.1, 0.15) is 32.6 Å². The highest BCUT2D eigenvalue weighted by molar-refractivity contribution is 5.41. The van der Waals surface area contributed by atoms with Crippen LogP contribution in [0.5, 0.6) is 0 Å². The highest BCUT2D eigenvalue weighted by atomic mass is 16.1. The van der Waals surface area contributed by atoms with Crippen LogP contribution in [0.3, 0.4) is 0 Å². The first-order valence-electron chi connectivity index (χ1n) is 6.34. The van der Waals surface area contributed by atoms with Gasteiger partial charge in [-0.1, -0.05) is 6.92 Å². The molecule has 1 aromatic heterocycles. The molecule has 1 aromatic rings. The first kappa shape index (κ1) is 14.2. The molecule has 0 radical (unpaired) electrons. The summed E-state index contributed by atoms with van der Waals surface area (Å²) in [5.41, 5.74) is 0.780. The lowest BCUT2D eigenvalue weighted by atomic mass is 10.2. The third-order valence-corrected chi connectivity index (χ3v) is 2.76. The third-order valence-electron chi connectivity index (χ3n) is 2.76. The molecular weight excluding hydrogens is 228 g/mol. The first-order valence-corrected chi connectivity index (χ1v) is 6.34. The lowest BCUT2D eigenvalue weighted by molar-refractivity contribution is 0.534. The van der Waals surface area contributed by atoms with E-state index in [0.717, 1.165) is 31.5 Å². The number of aryl methyl sites for hydroxylation is 1. The van der Waals surface area contributed by atoms with Crippen LogP contribution in [0, 0.1) is 11.3 Å². The third kappa shape index (κ3) is 4.21. The quantitative estimate of drug-likeness (QED) is 0.690. The monoisotopic (exact) mass is 248 g/mol. The molecule has 18 heavy (non-hydrogen) atoms. The molecule has 1 rings (SSSR count). The molecule has 98 valence electrons. The van der Waals surface area contributed by atoms with Gasteiger partial charge < -0.3 is 4.90 Å². The smallest absolute Gasteiger partial charge is 0.268 e. The van der Waals surface area contributed by atoms with Crippen LogP contribution >= 0.6 is 0 Å². The van der Waals surface area contributed by atoms with Gasteiger partial charge >= 0.3 is 0 Å². The summed E-state index contributed by atoms with van der Waals surface area (Å²) in [6.07, 6.45) is 4.91. The number of hydrogen-bond acceptors (Lipinski definition) is 4. The molecule has 0 aliphatic carbocycles. The highest BCUT2D eigenvalue weighted by Crippen LogP contribution is 2.07. The molecule has 0 aliphatic rings. The van der Waals surface area contributed by atoms with Crippen LogP contribution in [0.2, 0.25) is 0 Å². The van der Waals surface area contributed by atoms with Gasteiger partial charge in [-0.3, -0.25) is 4.79 Å². The number of rotatable bonds is 7. The molecule has 5 heteroatoms. The summed E-state index contributed by atoms with van der Waals surface area (Å²) in [6, 6.07) is 3.71. The normalized spacial score (nSPS) is 10.1. The average molecular weight is 248 g/mol. The topological polar surface area (TPSA) is 61.9 Å². The molecule has 0 aromatic carbocycles. The molecular formula is C13H20N4O. The van der Waals surface area contributed by atoms with Gasteiger partial charge in [0.1, 0.15) is 0 Å². The molecule has 0 fully saturated rings. The fourth-order valence-electron chi connectivity index (χ4n) is 1.73. The van der Waals surface area contributed by atoms with Crippen molar-refractivity contribution in [3.63, 3.8) is 0 Å². The fourth-order valence-corrected chi connectivity index (χ4v) is 1.73. The zero-order chi connectivity index (χ0) is 13.4. The summed E-state index contributed by atoms with van der Waals surface area (Å²) in [7, 11) is 1.96. The van der Waals surface area contributed by atoms with Crippen molar-refractivity contribution in [2.45, 2.75) is 39.2 Å². The van der Waals surface area contributed by atoms with Crippen molar-refractivity contribution in [3.8, 4) is 6.07 Å². The fraction of sp³-hybridized carbons (Fsp3) is 0.615. The maximum Gasteiger partial charge on any atom is 0.268 e. The number of hydrogen-bond donors (Lipinski definition) is 0. The molecule has 0 N–H and O–H groups in total. The molecule has 0 spiro atoms. The second-order valence-electron chi connectivity index (χ2n) is 4.31. The maximum atomic E-state index is 11.8. The summed E-state index contributed by atoms with van der Waals surface area (Å²) in [4.78, 5) is 13.8. The van der Waals surface area contributed by atoms with Crippen molar-refractivity contribution in [1.29, 1.82) is 5.26 Å². The van der Waals surface area contributed by atoms with Crippen LogP contribution < -0.4 is 10.5 Å². The summed E-state index contributed by atoms with van der Waals surface area (Å²) < 4.78 is 1.46. The van der Waals surface area contributed by atoms with E-state index in [9.17, 15) is 4.79 Å². The second kappa shape index (κ2) is 7.49. The zero-order valence-corrected chi connectivity index (χ0v) is 11.1. The van der Waals surface area contributed by atoms with E-state index in [-0.39, 0.29) is 5.56 Å². The number of aromatic nitrogens is 2. The van der Waals surface area contributed by atoms with Gasteiger partial charge in [0.05, 0.1) is 18.0 Å². The summed E-state index contributed by atoms with van der Waals surface area (Å²) >= 11 is 0. The van der Waals surface area contributed by atoms with E-state index in [4.69, 9.17) is 5.26 Å². The second-order valence-corrected chi connectivity index (χ2v) is 4.31. The van der Waals surface area contributed by atoms with Crippen LogP contribution in [0.15, 0.2) is 17.1 Å². The van der Waals surface area contributed by atoms with Crippen molar-refractivity contribution >= 4 is 5.69 Å². The van der Waals surface area contributed by atoms with Crippen LogP contribution in [0.25, 0.3) is 0 Å². The van der Waals surface area contributed by atoms with Crippen molar-refractivity contribution < 1.29 is 0 Å². The summed E-state index contributed by atoms with van der Waals surface area (Å²) in [5.74, 6) is 0. The van der Waals surface area contributed by atoms with Gasteiger partial charge in [0.15, 0.2) is 0 Å². The van der Waals surface area contributed by atoms with Crippen molar-refractivity contribution in [2.24, 2.45) is 0 Å². The highest BCUT2D eigenvalue weighted by Gasteiger charge is 2.03. The van der Waals surface area contributed by atoms with Gasteiger partial charge in [-0.25, -0.2) is 4.68 Å². The Labute approximate surface area is 108 Å². The van der Waals surface area contributed by atoms with Crippen molar-refractivity contribution in [3.05, 3.63) is 22.6 Å². The van der Waals surface area contributed by atoms with Crippen molar-refractivity contribution in [1.82, 2.24) is 9.78 Å². The van der Waals surface area contributed by atoms with Gasteiger partial charge in [0.2, 0.25) is 0 Å². The zero-order valence-electron chi connectivity index (χ0n) is 11.1. The molecule has 0 atom stereocenters. The average Bonchev–Trinajstić information content (AvgIpc) is 2.36. The Hall–Kier alpha value is -1.83. The Morgan fingerprint density at radius 1 is 1.50 bits per heavy atom. The number of anilines is 1. The Morgan fingerprint density at radius 3 is 2.89 bits per heavy atom. The first-order chi connectivity index (χ1) is 8.69. The molecule has 0 aliphatic heterocycles. The number of nitrogens with zero attached hydrogens (tertiary/aromatic N) is 4. The van der Waals surface area contributed by atoms with E-state index in [1.54, 1.807) is 12.3 Å². The summed E-state index contributed by atoms with van der Waals surface area (Å²) in [5, 5.41) is 12.6. The molecule has 0 amide bonds. The minimum absolute atomic E-state index is 0.0765. The lowest BCUT2D eigenvalue weighted by Crippen LogP contribution is -2.26. The molecule has 0 saturated heterocycles. The van der Waals surface area contributed by atoms with Crippen molar-refractivity contribution in [2.75, 3.05) is 18.5 Å². The van der Waals surface area contributed by atoms with Gasteiger partial charge in [-0.2, -0.15) is 10.4 Å². The van der Waals surface area contributed by atoms with Crippen LogP contribution in [0.4, 0.5) is 5.69 Å². The van der Waals surface area contributed by atoms with E-state index in [1.807, 2.05) is 11.9 Å². The van der Waals surface area contributed by atoms with E-state index in [1.165, 1.54) is 4.68 Å². The van der Waals surface area contributed by atoms with Crippen LogP contribution in [-0.2, 0) is 6.54 Å². The SMILES string of the molecule is CCCN(C)c1cnn(CCCCC#N)c(=O)c1. The summed E-state index contributed by atoms with van der Waals surface area (Å²) in [6.45, 7) is 3.59. The van der Waals surface area contributed by atoms with Gasteiger partial charge in [0, 0.05) is 32.6 Å². The standard InChI is InChI=1S/C13H20N4O/c1-3-8-16(2)12-10-13(18)17(15-11-12)9-6-4-5-7-14/h10-11H,3-6,8-9H2,1-2H3. The predicted octanol–water partition coefficient (Wildman–Crippen LogP) is 1.78. The molecule has 0 bridgehead atoms. The molecule has 0 unspecified atom stereocenters. The predicted molar refractivity (Wildman–Crippen MR) is 71.5 cm³/mol. The van der Waals surface area contributed by atoms with Gasteiger partial charge in [-0.05, 0) is 19.3 Å². The molecule has 0 saturated carbocycles. The molecule has 1 heterocycles. The largest absolute Gasteiger partial charge is 0.373 e. The maximum absolute atomic E-state index is 11.8. The minimum Gasteiger partial charge on any atom is -0.373 e.